The van der Waals surface area contributed by atoms with E-state index in [4.69, 9.17) is 0 Å². The first kappa shape index (κ1) is 24.1. The Balaban J connectivity index is 2.65. The maximum Gasteiger partial charge on any atom is 0.322 e. The van der Waals surface area contributed by atoms with Crippen LogP contribution in [0.2, 0.25) is 0 Å². The zero-order valence-corrected chi connectivity index (χ0v) is 18.4. The van der Waals surface area contributed by atoms with Gasteiger partial charge in [-0.3, -0.25) is 10.1 Å². The van der Waals surface area contributed by atoms with Crippen molar-refractivity contribution in [3.63, 3.8) is 0 Å². The van der Waals surface area contributed by atoms with E-state index in [-0.39, 0.29) is 17.5 Å². The summed E-state index contributed by atoms with van der Waals surface area (Å²) in [6.45, 7) is 11.9. The minimum absolute atomic E-state index is 0.0679. The largest absolute Gasteiger partial charge is 0.333 e. The molecule has 0 saturated carbocycles. The van der Waals surface area contributed by atoms with E-state index in [0.29, 0.717) is 13.1 Å². The zero-order chi connectivity index (χ0) is 21.5. The van der Waals surface area contributed by atoms with Gasteiger partial charge in [0, 0.05) is 24.2 Å². The number of hydrogen-bond donors (Lipinski definition) is 3. The minimum atomic E-state index is -3.48. The number of nitrogens with one attached hydrogen (secondary N) is 2. The van der Waals surface area contributed by atoms with E-state index in [1.54, 1.807) is 43.4 Å². The Bertz CT molecular complexity index is 766. The lowest BCUT2D eigenvalue weighted by molar-refractivity contribution is -0.682. The van der Waals surface area contributed by atoms with E-state index in [9.17, 15) is 18.0 Å². The smallest absolute Gasteiger partial charge is 0.322 e. The van der Waals surface area contributed by atoms with Gasteiger partial charge in [-0.15, -0.1) is 0 Å². The summed E-state index contributed by atoms with van der Waals surface area (Å²) in [5.74, 6) is -0.394. The van der Waals surface area contributed by atoms with Gasteiger partial charge in [-0.25, -0.2) is 13.2 Å². The number of urea groups is 1. The highest BCUT2D eigenvalue weighted by Gasteiger charge is 2.22. The fourth-order valence-electron chi connectivity index (χ4n) is 2.63. The molecule has 0 fully saturated rings. The van der Waals surface area contributed by atoms with Gasteiger partial charge in [-0.05, 0) is 39.8 Å². The van der Waals surface area contributed by atoms with Crippen molar-refractivity contribution in [1.29, 1.82) is 0 Å². The van der Waals surface area contributed by atoms with E-state index >= 15 is 0 Å². The van der Waals surface area contributed by atoms with Gasteiger partial charge in [0.25, 0.3) is 5.91 Å². The molecule has 0 radical (unpaired) electrons. The third kappa shape index (κ3) is 7.21. The second kappa shape index (κ2) is 9.99. The lowest BCUT2D eigenvalue weighted by Crippen LogP contribution is -2.87. The van der Waals surface area contributed by atoms with Crippen LogP contribution < -0.4 is 16.0 Å². The Labute approximate surface area is 168 Å². The van der Waals surface area contributed by atoms with Gasteiger partial charge < -0.3 is 10.6 Å². The van der Waals surface area contributed by atoms with Crippen molar-refractivity contribution in [3.05, 3.63) is 29.8 Å². The van der Waals surface area contributed by atoms with Crippen LogP contribution in [0.3, 0.4) is 0 Å². The molecule has 3 amide bonds. The average molecular weight is 414 g/mol. The first-order chi connectivity index (χ1) is 12.9. The highest BCUT2D eigenvalue weighted by atomic mass is 32.2. The fraction of sp³-hybridized carbons (Fsp3) is 0.579. The lowest BCUT2D eigenvalue weighted by atomic mass is 10.1. The van der Waals surface area contributed by atoms with Gasteiger partial charge in [0.2, 0.25) is 10.0 Å². The molecule has 1 aromatic carbocycles. The standard InChI is InChI=1S/C19H32N4O4S/c1-7-23(8-2)28(26,27)16-11-9-15(10-12-16)14(3)20-13-17(24)21-18(25)22-19(4,5)6/h9-12,14,20H,7-8,13H2,1-6H3,(H2,21,22,24,25)/p+1/t14-/m1/s1. The molecule has 0 heterocycles. The number of hydrogen-bond acceptors (Lipinski definition) is 4. The summed E-state index contributed by atoms with van der Waals surface area (Å²) in [5.41, 5.74) is 0.472. The summed E-state index contributed by atoms with van der Waals surface area (Å²) in [6, 6.07) is 6.09. The highest BCUT2D eigenvalue weighted by molar-refractivity contribution is 7.89. The topological polar surface area (TPSA) is 112 Å². The number of sulfonamides is 1. The molecule has 1 aromatic rings. The number of rotatable bonds is 8. The molecule has 0 spiro atoms. The molecular weight excluding hydrogens is 380 g/mol. The van der Waals surface area contributed by atoms with Crippen molar-refractivity contribution < 1.29 is 23.3 Å². The molecule has 158 valence electrons. The van der Waals surface area contributed by atoms with Gasteiger partial charge in [0.1, 0.15) is 6.04 Å². The first-order valence-electron chi connectivity index (χ1n) is 9.46. The molecule has 0 saturated heterocycles. The van der Waals surface area contributed by atoms with E-state index < -0.39 is 27.5 Å². The summed E-state index contributed by atoms with van der Waals surface area (Å²) in [7, 11) is -3.48. The molecule has 8 nitrogen and oxygen atoms in total. The zero-order valence-electron chi connectivity index (χ0n) is 17.6. The van der Waals surface area contributed by atoms with E-state index in [1.165, 1.54) is 4.31 Å². The van der Waals surface area contributed by atoms with Gasteiger partial charge in [-0.2, -0.15) is 4.31 Å². The number of amides is 3. The molecule has 1 rings (SSSR count). The maximum absolute atomic E-state index is 12.5. The number of imide groups is 1. The number of benzene rings is 1. The average Bonchev–Trinajstić information content (AvgIpc) is 2.58. The number of quaternary nitrogens is 1. The quantitative estimate of drug-likeness (QED) is 0.589. The van der Waals surface area contributed by atoms with Crippen molar-refractivity contribution in [2.75, 3.05) is 19.6 Å². The highest BCUT2D eigenvalue weighted by Crippen LogP contribution is 2.18. The Morgan fingerprint density at radius 3 is 2.11 bits per heavy atom. The van der Waals surface area contributed by atoms with Crippen LogP contribution in [0.25, 0.3) is 0 Å². The van der Waals surface area contributed by atoms with E-state index in [0.717, 1.165) is 5.56 Å². The Kier molecular flexibility index (Phi) is 8.59. The van der Waals surface area contributed by atoms with Crippen molar-refractivity contribution in [1.82, 2.24) is 14.9 Å². The summed E-state index contributed by atoms with van der Waals surface area (Å²) in [5, 5.41) is 6.74. The predicted octanol–water partition coefficient (Wildman–Crippen LogP) is 0.966. The van der Waals surface area contributed by atoms with Gasteiger partial charge >= 0.3 is 6.03 Å². The molecule has 0 bridgehead atoms. The number of carbonyl (C=O) groups excluding carboxylic acids is 2. The summed E-state index contributed by atoms with van der Waals surface area (Å²) in [6.07, 6.45) is 0. The van der Waals surface area contributed by atoms with E-state index in [2.05, 4.69) is 10.6 Å². The Morgan fingerprint density at radius 2 is 1.64 bits per heavy atom. The van der Waals surface area contributed by atoms with Crippen molar-refractivity contribution >= 4 is 22.0 Å². The van der Waals surface area contributed by atoms with Crippen LogP contribution >= 0.6 is 0 Å². The third-order valence-electron chi connectivity index (χ3n) is 4.15. The van der Waals surface area contributed by atoms with Crippen molar-refractivity contribution in [2.24, 2.45) is 0 Å². The van der Waals surface area contributed by atoms with Gasteiger partial charge in [0.15, 0.2) is 6.54 Å². The van der Waals surface area contributed by atoms with Crippen molar-refractivity contribution in [2.45, 2.75) is 58.0 Å². The predicted molar refractivity (Wildman–Crippen MR) is 108 cm³/mol. The molecule has 9 heteroatoms. The molecular formula is C19H33N4O4S+. The molecule has 28 heavy (non-hydrogen) atoms. The number of nitrogens with zero attached hydrogens (tertiary/aromatic N) is 1. The lowest BCUT2D eigenvalue weighted by Gasteiger charge is -2.20. The summed E-state index contributed by atoms with van der Waals surface area (Å²) in [4.78, 5) is 23.9. The SMILES string of the molecule is CCN(CC)S(=O)(=O)c1ccc([C@@H](C)[NH2+]CC(=O)NC(=O)NC(C)(C)C)cc1. The van der Waals surface area contributed by atoms with Crippen LogP contribution in [0.4, 0.5) is 4.79 Å². The maximum atomic E-state index is 12.5. The summed E-state index contributed by atoms with van der Waals surface area (Å²) >= 11 is 0. The first-order valence-corrected chi connectivity index (χ1v) is 10.9. The van der Waals surface area contributed by atoms with Crippen LogP contribution in [0.15, 0.2) is 29.2 Å². The number of nitrogens with two attached hydrogens (primary N) is 1. The van der Waals surface area contributed by atoms with Crippen molar-refractivity contribution in [3.8, 4) is 0 Å². The summed E-state index contributed by atoms with van der Waals surface area (Å²) < 4.78 is 26.4. The molecule has 0 aliphatic rings. The van der Waals surface area contributed by atoms with Gasteiger partial charge in [-0.1, -0.05) is 26.0 Å². The molecule has 0 aromatic heterocycles. The third-order valence-corrected chi connectivity index (χ3v) is 6.21. The van der Waals surface area contributed by atoms with Crippen LogP contribution in [0, 0.1) is 0 Å². The van der Waals surface area contributed by atoms with Crippen LogP contribution in [-0.4, -0.2) is 49.8 Å². The van der Waals surface area contributed by atoms with Crippen LogP contribution in [-0.2, 0) is 14.8 Å². The molecule has 0 aliphatic carbocycles. The monoisotopic (exact) mass is 413 g/mol. The molecule has 4 N–H and O–H groups in total. The van der Waals surface area contributed by atoms with E-state index in [1.807, 2.05) is 27.7 Å². The Morgan fingerprint density at radius 1 is 1.11 bits per heavy atom. The minimum Gasteiger partial charge on any atom is -0.333 e. The van der Waals surface area contributed by atoms with Gasteiger partial charge in [0.05, 0.1) is 4.90 Å². The van der Waals surface area contributed by atoms with Crippen LogP contribution in [0.5, 0.6) is 0 Å². The molecule has 0 unspecified atom stereocenters. The molecule has 1 atom stereocenters. The second-order valence-electron chi connectivity index (χ2n) is 7.64. The molecule has 0 aliphatic heterocycles. The normalized spacial score (nSPS) is 13.2. The fourth-order valence-corrected chi connectivity index (χ4v) is 4.08. The Hall–Kier alpha value is -1.97. The second-order valence-corrected chi connectivity index (χ2v) is 9.58. The van der Waals surface area contributed by atoms with Crippen LogP contribution in [0.1, 0.15) is 53.1 Å². The number of carbonyl (C=O) groups is 2.